The van der Waals surface area contributed by atoms with Crippen molar-refractivity contribution in [1.82, 2.24) is 0 Å². The number of rotatable bonds is 3. The van der Waals surface area contributed by atoms with Gasteiger partial charge in [-0.25, -0.2) is 4.39 Å². The fraction of sp³-hybridized carbons (Fsp3) is 0.143. The van der Waals surface area contributed by atoms with Crippen molar-refractivity contribution in [2.24, 2.45) is 0 Å². The van der Waals surface area contributed by atoms with Crippen molar-refractivity contribution >= 4 is 11.6 Å². The second-order valence-electron chi connectivity index (χ2n) is 3.66. The van der Waals surface area contributed by atoms with E-state index in [1.807, 2.05) is 0 Å². The predicted molar refractivity (Wildman–Crippen MR) is 70.0 cm³/mol. The summed E-state index contributed by atoms with van der Waals surface area (Å²) in [5, 5.41) is 0.415. The molecule has 0 N–H and O–H groups in total. The third-order valence-electron chi connectivity index (χ3n) is 2.64. The fourth-order valence-corrected chi connectivity index (χ4v) is 2.03. The molecular weight excluding hydrogens is 255 g/mol. The first-order chi connectivity index (χ1) is 8.67. The summed E-state index contributed by atoms with van der Waals surface area (Å²) in [4.78, 5) is 0. The highest BCUT2D eigenvalue weighted by Crippen LogP contribution is 2.38. The number of methoxy groups -OCH3 is 2. The molecule has 0 unspecified atom stereocenters. The van der Waals surface area contributed by atoms with Gasteiger partial charge in [0.25, 0.3) is 0 Å². The second-order valence-corrected chi connectivity index (χ2v) is 4.07. The molecule has 0 atom stereocenters. The Morgan fingerprint density at radius 2 is 1.83 bits per heavy atom. The highest BCUT2D eigenvalue weighted by molar-refractivity contribution is 6.33. The topological polar surface area (TPSA) is 18.5 Å². The van der Waals surface area contributed by atoms with E-state index in [4.69, 9.17) is 21.1 Å². The lowest BCUT2D eigenvalue weighted by atomic mass is 10.0. The first-order valence-electron chi connectivity index (χ1n) is 5.33. The zero-order chi connectivity index (χ0) is 13.1. The van der Waals surface area contributed by atoms with Crippen LogP contribution in [-0.4, -0.2) is 14.2 Å². The SMILES string of the molecule is COc1ccc(-c2c(F)cccc2OC)c(Cl)c1. The van der Waals surface area contributed by atoms with Crippen LogP contribution in [0.5, 0.6) is 11.5 Å². The maximum absolute atomic E-state index is 13.9. The largest absolute Gasteiger partial charge is 0.497 e. The lowest BCUT2D eigenvalue weighted by molar-refractivity contribution is 0.412. The Bertz CT molecular complexity index is 570. The van der Waals surface area contributed by atoms with Crippen LogP contribution in [0.1, 0.15) is 0 Å². The maximum Gasteiger partial charge on any atom is 0.134 e. The molecule has 2 rings (SSSR count). The van der Waals surface area contributed by atoms with Crippen LogP contribution in [0.25, 0.3) is 11.1 Å². The molecule has 0 saturated carbocycles. The van der Waals surface area contributed by atoms with Gasteiger partial charge in [-0.05, 0) is 30.3 Å². The van der Waals surface area contributed by atoms with E-state index in [1.165, 1.54) is 13.2 Å². The lowest BCUT2D eigenvalue weighted by Crippen LogP contribution is -1.92. The van der Waals surface area contributed by atoms with Crippen LogP contribution >= 0.6 is 11.6 Å². The Balaban J connectivity index is 2.62. The van der Waals surface area contributed by atoms with Gasteiger partial charge in [-0.15, -0.1) is 0 Å². The summed E-state index contributed by atoms with van der Waals surface area (Å²) in [6, 6.07) is 9.74. The van der Waals surface area contributed by atoms with Gasteiger partial charge in [0.1, 0.15) is 17.3 Å². The van der Waals surface area contributed by atoms with Crippen LogP contribution in [0.3, 0.4) is 0 Å². The zero-order valence-electron chi connectivity index (χ0n) is 10.0. The van der Waals surface area contributed by atoms with Gasteiger partial charge in [-0.2, -0.15) is 0 Å². The minimum atomic E-state index is -0.374. The van der Waals surface area contributed by atoms with Gasteiger partial charge in [-0.1, -0.05) is 17.7 Å². The summed E-state index contributed by atoms with van der Waals surface area (Å²) in [6.07, 6.45) is 0. The summed E-state index contributed by atoms with van der Waals surface area (Å²) in [7, 11) is 3.05. The Hall–Kier alpha value is -1.74. The van der Waals surface area contributed by atoms with Crippen molar-refractivity contribution in [2.75, 3.05) is 14.2 Å². The summed E-state index contributed by atoms with van der Waals surface area (Å²) < 4.78 is 24.1. The standard InChI is InChI=1S/C14H12ClFO2/c1-17-9-6-7-10(11(15)8-9)14-12(16)4-3-5-13(14)18-2/h3-8H,1-2H3. The Morgan fingerprint density at radius 3 is 2.44 bits per heavy atom. The smallest absolute Gasteiger partial charge is 0.134 e. The molecule has 0 radical (unpaired) electrons. The first-order valence-corrected chi connectivity index (χ1v) is 5.71. The van der Waals surface area contributed by atoms with Crippen molar-refractivity contribution in [3.63, 3.8) is 0 Å². The highest BCUT2D eigenvalue weighted by Gasteiger charge is 2.14. The van der Waals surface area contributed by atoms with E-state index < -0.39 is 0 Å². The Labute approximate surface area is 110 Å². The molecular formula is C14H12ClFO2. The third kappa shape index (κ3) is 2.27. The molecule has 0 aromatic heterocycles. The molecule has 2 aromatic rings. The minimum Gasteiger partial charge on any atom is -0.497 e. The highest BCUT2D eigenvalue weighted by atomic mass is 35.5. The first kappa shape index (κ1) is 12.7. The molecule has 2 aromatic carbocycles. The van der Waals surface area contributed by atoms with E-state index in [0.29, 0.717) is 27.6 Å². The van der Waals surface area contributed by atoms with Crippen molar-refractivity contribution in [3.05, 3.63) is 47.2 Å². The van der Waals surface area contributed by atoms with Gasteiger partial charge in [0, 0.05) is 5.56 Å². The van der Waals surface area contributed by atoms with Crippen molar-refractivity contribution < 1.29 is 13.9 Å². The molecule has 2 nitrogen and oxygen atoms in total. The van der Waals surface area contributed by atoms with Crippen molar-refractivity contribution in [3.8, 4) is 22.6 Å². The van der Waals surface area contributed by atoms with Gasteiger partial charge in [0.15, 0.2) is 0 Å². The third-order valence-corrected chi connectivity index (χ3v) is 2.95. The van der Waals surface area contributed by atoms with Crippen LogP contribution < -0.4 is 9.47 Å². The van der Waals surface area contributed by atoms with E-state index in [1.54, 1.807) is 37.4 Å². The molecule has 0 saturated heterocycles. The molecule has 0 amide bonds. The number of hydrogen-bond donors (Lipinski definition) is 0. The van der Waals surface area contributed by atoms with E-state index in [-0.39, 0.29) is 5.82 Å². The van der Waals surface area contributed by atoms with Crippen molar-refractivity contribution in [1.29, 1.82) is 0 Å². The molecule has 0 spiro atoms. The van der Waals surface area contributed by atoms with Gasteiger partial charge < -0.3 is 9.47 Å². The Morgan fingerprint density at radius 1 is 1.06 bits per heavy atom. The van der Waals surface area contributed by atoms with E-state index in [0.717, 1.165) is 0 Å². The normalized spacial score (nSPS) is 10.2. The molecule has 18 heavy (non-hydrogen) atoms. The van der Waals surface area contributed by atoms with Gasteiger partial charge in [0.05, 0.1) is 24.8 Å². The molecule has 0 aliphatic carbocycles. The average Bonchev–Trinajstić information content (AvgIpc) is 2.39. The van der Waals surface area contributed by atoms with Crippen molar-refractivity contribution in [2.45, 2.75) is 0 Å². The quantitative estimate of drug-likeness (QED) is 0.830. The summed E-state index contributed by atoms with van der Waals surface area (Å²) in [6.45, 7) is 0. The van der Waals surface area contributed by atoms with Gasteiger partial charge in [-0.3, -0.25) is 0 Å². The molecule has 4 heteroatoms. The molecule has 0 fully saturated rings. The van der Waals surface area contributed by atoms with E-state index >= 15 is 0 Å². The van der Waals surface area contributed by atoms with Crippen LogP contribution in [-0.2, 0) is 0 Å². The van der Waals surface area contributed by atoms with Crippen LogP contribution in [0.4, 0.5) is 4.39 Å². The molecule has 0 aliphatic rings. The second kappa shape index (κ2) is 5.27. The number of halogens is 2. The van der Waals surface area contributed by atoms with Crippen LogP contribution in [0, 0.1) is 5.82 Å². The number of hydrogen-bond acceptors (Lipinski definition) is 2. The number of benzene rings is 2. The summed E-state index contributed by atoms with van der Waals surface area (Å²) in [5.41, 5.74) is 0.931. The zero-order valence-corrected chi connectivity index (χ0v) is 10.8. The predicted octanol–water partition coefficient (Wildman–Crippen LogP) is 4.16. The monoisotopic (exact) mass is 266 g/mol. The molecule has 0 bridgehead atoms. The molecule has 0 aliphatic heterocycles. The van der Waals surface area contributed by atoms with Gasteiger partial charge in [0.2, 0.25) is 0 Å². The van der Waals surface area contributed by atoms with Crippen LogP contribution in [0.15, 0.2) is 36.4 Å². The van der Waals surface area contributed by atoms with E-state index in [9.17, 15) is 4.39 Å². The van der Waals surface area contributed by atoms with Crippen LogP contribution in [0.2, 0.25) is 5.02 Å². The Kier molecular flexibility index (Phi) is 3.72. The molecule has 94 valence electrons. The minimum absolute atomic E-state index is 0.354. The average molecular weight is 267 g/mol. The number of ether oxygens (including phenoxy) is 2. The fourth-order valence-electron chi connectivity index (χ4n) is 1.76. The van der Waals surface area contributed by atoms with Gasteiger partial charge >= 0.3 is 0 Å². The van der Waals surface area contributed by atoms with E-state index in [2.05, 4.69) is 0 Å². The summed E-state index contributed by atoms with van der Waals surface area (Å²) in [5.74, 6) is 0.697. The lowest BCUT2D eigenvalue weighted by Gasteiger charge is -2.12. The summed E-state index contributed by atoms with van der Waals surface area (Å²) >= 11 is 6.14. The maximum atomic E-state index is 13.9. The molecule has 0 heterocycles.